The number of aliphatic hydroxyl groups is 4. The Balaban J connectivity index is 2.20. The summed E-state index contributed by atoms with van der Waals surface area (Å²) in [6, 6.07) is 2.49. The van der Waals surface area contributed by atoms with Crippen LogP contribution in [-0.2, 0) is 9.59 Å². The fourth-order valence-corrected chi connectivity index (χ4v) is 7.14. The van der Waals surface area contributed by atoms with Crippen LogP contribution in [0.25, 0.3) is 0 Å². The average molecular weight is 499 g/mol. The van der Waals surface area contributed by atoms with Gasteiger partial charge in [-0.15, -0.1) is 0 Å². The molecular weight excluding hydrogens is 468 g/mol. The van der Waals surface area contributed by atoms with Gasteiger partial charge in [-0.3, -0.25) is 19.2 Å². The zero-order valence-electron chi connectivity index (χ0n) is 20.9. The Bertz CT molecular complexity index is 1320. The maximum atomic E-state index is 13.8. The molecule has 9 nitrogen and oxygen atoms in total. The van der Waals surface area contributed by atoms with E-state index in [9.17, 15) is 44.7 Å². The molecule has 6 atom stereocenters. The highest BCUT2D eigenvalue weighted by molar-refractivity contribution is 6.25. The van der Waals surface area contributed by atoms with Crippen molar-refractivity contribution in [2.24, 2.45) is 22.7 Å². The minimum absolute atomic E-state index is 0.100. The number of aromatic hydroxyl groups is 1. The second-order valence-corrected chi connectivity index (χ2v) is 10.9. The van der Waals surface area contributed by atoms with E-state index in [-0.39, 0.29) is 16.7 Å². The number of benzene rings is 1. The van der Waals surface area contributed by atoms with E-state index in [0.29, 0.717) is 6.29 Å². The summed E-state index contributed by atoms with van der Waals surface area (Å²) < 4.78 is 0. The van der Waals surface area contributed by atoms with Crippen LogP contribution in [0.2, 0.25) is 0 Å². The van der Waals surface area contributed by atoms with Crippen LogP contribution in [0.5, 0.6) is 5.75 Å². The molecule has 9 heteroatoms. The molecule has 3 aliphatic carbocycles. The highest BCUT2D eigenvalue weighted by Gasteiger charge is 2.76. The number of hydrogen-bond acceptors (Lipinski definition) is 9. The van der Waals surface area contributed by atoms with Crippen molar-refractivity contribution in [1.82, 2.24) is 0 Å². The van der Waals surface area contributed by atoms with Crippen LogP contribution in [0.4, 0.5) is 0 Å². The first kappa shape index (κ1) is 25.8. The van der Waals surface area contributed by atoms with Crippen molar-refractivity contribution in [2.45, 2.75) is 59.2 Å². The molecule has 0 saturated carbocycles. The van der Waals surface area contributed by atoms with Crippen LogP contribution in [-0.4, -0.2) is 60.9 Å². The van der Waals surface area contributed by atoms with Crippen molar-refractivity contribution >= 4 is 23.6 Å². The molecule has 0 fully saturated rings. The number of phenols is 1. The third-order valence-corrected chi connectivity index (χ3v) is 8.98. The number of phenolic OH excluding ortho intramolecular Hbond substituents is 1. The molecule has 0 amide bonds. The lowest BCUT2D eigenvalue weighted by atomic mass is 9.41. The quantitative estimate of drug-likeness (QED) is 0.311. The van der Waals surface area contributed by atoms with Gasteiger partial charge in [-0.2, -0.15) is 0 Å². The van der Waals surface area contributed by atoms with Crippen molar-refractivity contribution in [3.05, 3.63) is 51.5 Å². The minimum atomic E-state index is -2.94. The van der Waals surface area contributed by atoms with E-state index in [2.05, 4.69) is 0 Å². The summed E-state index contributed by atoms with van der Waals surface area (Å²) >= 11 is 0. The lowest BCUT2D eigenvalue weighted by molar-refractivity contribution is -0.211. The molecule has 192 valence electrons. The van der Waals surface area contributed by atoms with Crippen molar-refractivity contribution in [3.8, 4) is 5.75 Å². The summed E-state index contributed by atoms with van der Waals surface area (Å²) in [5.74, 6) is -7.82. The molecular formula is C27H30O9. The van der Waals surface area contributed by atoms with Gasteiger partial charge in [0, 0.05) is 22.3 Å². The summed E-state index contributed by atoms with van der Waals surface area (Å²) in [7, 11) is 0. The standard InChI is InChI=1S/C27H30O9/c1-10(2)18-20(31)16(12(4)29)22(33)27(36)23(34)19-21(32)17-14(30)8-7-13(9-28)15(17)11(3)25(19,5)24(35)26(18,27)6/h7-11,18,24,30-31,34-36H,1-6H3/t11-,18?,24-,25+,26+,27+/m1/s1. The summed E-state index contributed by atoms with van der Waals surface area (Å²) in [5.41, 5.74) is -7.81. The third kappa shape index (κ3) is 2.57. The van der Waals surface area contributed by atoms with E-state index in [4.69, 9.17) is 0 Å². The molecule has 1 aromatic carbocycles. The van der Waals surface area contributed by atoms with Crippen molar-refractivity contribution in [3.63, 3.8) is 0 Å². The molecule has 5 N–H and O–H groups in total. The van der Waals surface area contributed by atoms with Crippen molar-refractivity contribution in [2.75, 3.05) is 0 Å². The normalized spacial score (nSPS) is 36.0. The van der Waals surface area contributed by atoms with Gasteiger partial charge in [-0.25, -0.2) is 0 Å². The van der Waals surface area contributed by atoms with Gasteiger partial charge in [0.15, 0.2) is 17.2 Å². The Morgan fingerprint density at radius 3 is 2.19 bits per heavy atom. The van der Waals surface area contributed by atoms with Crippen LogP contribution in [0.3, 0.4) is 0 Å². The van der Waals surface area contributed by atoms with Gasteiger partial charge in [0.2, 0.25) is 5.78 Å². The zero-order valence-corrected chi connectivity index (χ0v) is 20.9. The summed E-state index contributed by atoms with van der Waals surface area (Å²) in [6.45, 7) is 8.78. The number of aliphatic hydroxyl groups excluding tert-OH is 3. The van der Waals surface area contributed by atoms with Gasteiger partial charge >= 0.3 is 0 Å². The molecule has 0 saturated heterocycles. The summed E-state index contributed by atoms with van der Waals surface area (Å²) in [4.78, 5) is 51.7. The lowest BCUT2D eigenvalue weighted by Gasteiger charge is -2.63. The summed E-state index contributed by atoms with van der Waals surface area (Å²) in [6.07, 6.45) is -1.22. The molecule has 0 aliphatic heterocycles. The number of carbonyl (C=O) groups excluding carboxylic acids is 4. The fraction of sp³-hybridized carbons (Fsp3) is 0.481. The highest BCUT2D eigenvalue weighted by Crippen LogP contribution is 2.67. The number of carbonyl (C=O) groups is 4. The monoisotopic (exact) mass is 498 g/mol. The molecule has 0 radical (unpaired) electrons. The SMILES string of the molecule is CC(=O)C1=C(O)C(C(C)C)[C@@]2(C)[C@H](O)[C@]3(C)C(=C(O)[C@@]2(O)C1=O)C(=O)c1c(O)ccc(C=O)c1[C@H]3C. The van der Waals surface area contributed by atoms with Crippen molar-refractivity contribution in [1.29, 1.82) is 0 Å². The maximum Gasteiger partial charge on any atom is 0.209 e. The van der Waals surface area contributed by atoms with Gasteiger partial charge in [0.25, 0.3) is 0 Å². The molecule has 0 bridgehead atoms. The minimum Gasteiger partial charge on any atom is -0.511 e. The molecule has 1 unspecified atom stereocenters. The van der Waals surface area contributed by atoms with E-state index in [1.807, 2.05) is 0 Å². The van der Waals surface area contributed by atoms with Gasteiger partial charge in [0.05, 0.1) is 17.2 Å². The number of hydrogen-bond donors (Lipinski definition) is 5. The van der Waals surface area contributed by atoms with Gasteiger partial charge in [0.1, 0.15) is 29.1 Å². The van der Waals surface area contributed by atoms with Crippen LogP contribution >= 0.6 is 0 Å². The first-order valence-electron chi connectivity index (χ1n) is 11.7. The highest BCUT2D eigenvalue weighted by atomic mass is 16.4. The smallest absolute Gasteiger partial charge is 0.209 e. The van der Waals surface area contributed by atoms with E-state index >= 15 is 0 Å². The predicted octanol–water partition coefficient (Wildman–Crippen LogP) is 2.69. The van der Waals surface area contributed by atoms with E-state index in [1.54, 1.807) is 20.8 Å². The second kappa shape index (κ2) is 7.60. The Labute approximate surface area is 207 Å². The molecule has 0 heterocycles. The van der Waals surface area contributed by atoms with E-state index < -0.39 is 86.1 Å². The first-order valence-corrected chi connectivity index (χ1v) is 11.7. The van der Waals surface area contributed by atoms with Gasteiger partial charge in [-0.1, -0.05) is 34.6 Å². The number of fused-ring (bicyclic) bond motifs is 3. The van der Waals surface area contributed by atoms with Crippen LogP contribution < -0.4 is 0 Å². The zero-order chi connectivity index (χ0) is 27.3. The second-order valence-electron chi connectivity index (χ2n) is 10.9. The maximum absolute atomic E-state index is 13.8. The molecule has 0 aromatic heterocycles. The number of aldehydes is 1. The van der Waals surface area contributed by atoms with Crippen LogP contribution in [0, 0.1) is 22.7 Å². The number of allylic oxidation sites excluding steroid dienone is 1. The van der Waals surface area contributed by atoms with Crippen LogP contribution in [0.15, 0.2) is 34.8 Å². The molecule has 3 aliphatic rings. The van der Waals surface area contributed by atoms with Gasteiger partial charge in [-0.05, 0) is 36.5 Å². The lowest BCUT2D eigenvalue weighted by Crippen LogP contribution is -2.73. The Morgan fingerprint density at radius 2 is 1.69 bits per heavy atom. The predicted molar refractivity (Wildman–Crippen MR) is 127 cm³/mol. The number of Topliss-reactive ketones (excluding diaryl/α,β-unsaturated/α-hetero) is 3. The molecule has 4 rings (SSSR count). The molecule has 36 heavy (non-hydrogen) atoms. The Kier molecular flexibility index (Phi) is 5.44. The summed E-state index contributed by atoms with van der Waals surface area (Å²) in [5, 5.41) is 57.3. The first-order chi connectivity index (χ1) is 16.6. The molecule has 1 aromatic rings. The topological polar surface area (TPSA) is 169 Å². The Hall–Kier alpha value is -3.30. The Morgan fingerprint density at radius 1 is 1.11 bits per heavy atom. The van der Waals surface area contributed by atoms with Gasteiger partial charge < -0.3 is 25.5 Å². The fourth-order valence-electron chi connectivity index (χ4n) is 7.14. The number of rotatable bonds is 3. The van der Waals surface area contributed by atoms with E-state index in [1.165, 1.54) is 19.9 Å². The van der Waals surface area contributed by atoms with Crippen LogP contribution in [0.1, 0.15) is 73.7 Å². The third-order valence-electron chi connectivity index (χ3n) is 8.98. The van der Waals surface area contributed by atoms with E-state index in [0.717, 1.165) is 13.0 Å². The largest absolute Gasteiger partial charge is 0.511 e. The number of ketones is 3. The average Bonchev–Trinajstić information content (AvgIpc) is 2.79. The molecule has 0 spiro atoms. The van der Waals surface area contributed by atoms with Crippen molar-refractivity contribution < 1.29 is 44.7 Å².